The summed E-state index contributed by atoms with van der Waals surface area (Å²) in [5.74, 6) is -0.748. The summed E-state index contributed by atoms with van der Waals surface area (Å²) in [4.78, 5) is 27.4. The number of hydrogen-bond acceptors (Lipinski definition) is 4. The number of aryl methyl sites for hydroxylation is 2. The zero-order chi connectivity index (χ0) is 20.4. The van der Waals surface area contributed by atoms with Gasteiger partial charge in [0.2, 0.25) is 0 Å². The summed E-state index contributed by atoms with van der Waals surface area (Å²) < 4.78 is 5.20. The quantitative estimate of drug-likeness (QED) is 0.638. The second-order valence-electron chi connectivity index (χ2n) is 6.74. The first-order valence-corrected chi connectivity index (χ1v) is 9.14. The van der Waals surface area contributed by atoms with Crippen molar-refractivity contribution in [1.82, 2.24) is 0 Å². The van der Waals surface area contributed by atoms with Crippen molar-refractivity contribution >= 4 is 23.6 Å². The van der Waals surface area contributed by atoms with Crippen molar-refractivity contribution in [3.05, 3.63) is 76.0 Å². The van der Waals surface area contributed by atoms with Gasteiger partial charge >= 0.3 is 5.97 Å². The van der Waals surface area contributed by atoms with Gasteiger partial charge in [-0.2, -0.15) is 0 Å². The largest absolute Gasteiger partial charge is 0.508 e. The van der Waals surface area contributed by atoms with Crippen LogP contribution in [0.5, 0.6) is 5.75 Å². The Morgan fingerprint density at radius 3 is 2.50 bits per heavy atom. The summed E-state index contributed by atoms with van der Waals surface area (Å²) in [7, 11) is 0. The Hall–Kier alpha value is -3.34. The van der Waals surface area contributed by atoms with Crippen LogP contribution in [0, 0.1) is 13.8 Å². The number of benzene rings is 2. The molecule has 0 fully saturated rings. The van der Waals surface area contributed by atoms with E-state index in [1.165, 1.54) is 11.0 Å². The second kappa shape index (κ2) is 7.72. The fraction of sp³-hybridized carbons (Fsp3) is 0.217. The highest BCUT2D eigenvalue weighted by atomic mass is 16.5. The lowest BCUT2D eigenvalue weighted by molar-refractivity contribution is -0.138. The molecule has 2 aromatic carbocycles. The first-order chi connectivity index (χ1) is 13.3. The van der Waals surface area contributed by atoms with Crippen LogP contribution in [0.4, 0.5) is 5.69 Å². The minimum absolute atomic E-state index is 0.0872. The highest BCUT2D eigenvalue weighted by molar-refractivity contribution is 6.23. The van der Waals surface area contributed by atoms with Crippen LogP contribution >= 0.6 is 0 Å². The lowest BCUT2D eigenvalue weighted by Crippen LogP contribution is -2.24. The van der Waals surface area contributed by atoms with E-state index < -0.39 is 5.97 Å². The van der Waals surface area contributed by atoms with Crippen LogP contribution in [-0.4, -0.2) is 23.6 Å². The predicted molar refractivity (Wildman–Crippen MR) is 109 cm³/mol. The molecule has 0 aliphatic carbocycles. The third-order valence-corrected chi connectivity index (χ3v) is 4.81. The maximum atomic E-state index is 13.3. The fourth-order valence-corrected chi connectivity index (χ4v) is 3.24. The number of esters is 1. The lowest BCUT2D eigenvalue weighted by Gasteiger charge is -2.19. The standard InChI is InChI=1S/C23H23NO4/c1-5-28-23(27)21-16(4)24(18-10-9-14(2)15(3)11-18)22(26)20(21)13-17-7-6-8-19(25)12-17/h6-13,25H,5H2,1-4H3/b20-13-. The van der Waals surface area contributed by atoms with E-state index in [9.17, 15) is 14.7 Å². The third-order valence-electron chi connectivity index (χ3n) is 4.81. The van der Waals surface area contributed by atoms with E-state index in [4.69, 9.17) is 4.74 Å². The van der Waals surface area contributed by atoms with Crippen LogP contribution in [0.2, 0.25) is 0 Å². The Balaban J connectivity index is 2.15. The Kier molecular flexibility index (Phi) is 5.36. The fourth-order valence-electron chi connectivity index (χ4n) is 3.24. The number of hydrogen-bond donors (Lipinski definition) is 1. The number of amides is 1. The highest BCUT2D eigenvalue weighted by Gasteiger charge is 2.38. The van der Waals surface area contributed by atoms with Crippen molar-refractivity contribution < 1.29 is 19.4 Å². The zero-order valence-corrected chi connectivity index (χ0v) is 16.4. The van der Waals surface area contributed by atoms with E-state index in [-0.39, 0.29) is 29.4 Å². The second-order valence-corrected chi connectivity index (χ2v) is 6.74. The van der Waals surface area contributed by atoms with Crippen LogP contribution in [0.3, 0.4) is 0 Å². The van der Waals surface area contributed by atoms with Crippen LogP contribution in [0.15, 0.2) is 59.3 Å². The minimum atomic E-state index is -0.536. The van der Waals surface area contributed by atoms with Crippen LogP contribution in [0.1, 0.15) is 30.5 Å². The molecule has 0 spiro atoms. The van der Waals surface area contributed by atoms with Gasteiger partial charge < -0.3 is 9.84 Å². The van der Waals surface area contributed by atoms with E-state index in [2.05, 4.69) is 0 Å². The maximum absolute atomic E-state index is 13.3. The van der Waals surface area contributed by atoms with Crippen LogP contribution in [0.25, 0.3) is 6.08 Å². The Labute approximate surface area is 164 Å². The molecule has 0 saturated carbocycles. The van der Waals surface area contributed by atoms with Gasteiger partial charge in [0, 0.05) is 11.4 Å². The van der Waals surface area contributed by atoms with Crippen molar-refractivity contribution in [2.24, 2.45) is 0 Å². The monoisotopic (exact) mass is 377 g/mol. The van der Waals surface area contributed by atoms with Crippen molar-refractivity contribution in [1.29, 1.82) is 0 Å². The average molecular weight is 377 g/mol. The first-order valence-electron chi connectivity index (χ1n) is 9.14. The summed E-state index contributed by atoms with van der Waals surface area (Å²) in [6.45, 7) is 7.67. The molecular weight excluding hydrogens is 354 g/mol. The number of carbonyl (C=O) groups is 2. The van der Waals surface area contributed by atoms with E-state index in [1.54, 1.807) is 38.1 Å². The van der Waals surface area contributed by atoms with Gasteiger partial charge in [-0.3, -0.25) is 9.69 Å². The molecule has 1 heterocycles. The molecular formula is C23H23NO4. The molecule has 3 rings (SSSR count). The topological polar surface area (TPSA) is 66.8 Å². The SMILES string of the molecule is CCOC(=O)C1=C(C)N(c2ccc(C)c(C)c2)C(=O)/C1=C\c1cccc(O)c1. The molecule has 1 aliphatic heterocycles. The van der Waals surface area contributed by atoms with Gasteiger partial charge in [-0.15, -0.1) is 0 Å². The van der Waals surface area contributed by atoms with Crippen molar-refractivity contribution in [3.8, 4) is 5.75 Å². The summed E-state index contributed by atoms with van der Waals surface area (Å²) in [5.41, 5.74) is 4.53. The number of ether oxygens (including phenoxy) is 1. The van der Waals surface area contributed by atoms with E-state index in [1.807, 2.05) is 32.0 Å². The lowest BCUT2D eigenvalue weighted by atomic mass is 10.0. The predicted octanol–water partition coefficient (Wildman–Crippen LogP) is 4.28. The number of rotatable bonds is 4. The molecule has 0 atom stereocenters. The molecule has 0 saturated heterocycles. The number of anilines is 1. The Morgan fingerprint density at radius 2 is 1.86 bits per heavy atom. The molecule has 0 aromatic heterocycles. The van der Waals surface area contributed by atoms with E-state index >= 15 is 0 Å². The Morgan fingerprint density at radius 1 is 1.11 bits per heavy atom. The Bertz CT molecular complexity index is 1020. The molecule has 0 bridgehead atoms. The summed E-state index contributed by atoms with van der Waals surface area (Å²) >= 11 is 0. The first kappa shape index (κ1) is 19.4. The molecule has 5 nitrogen and oxygen atoms in total. The molecule has 0 unspecified atom stereocenters. The van der Waals surface area contributed by atoms with Gasteiger partial charge in [0.15, 0.2) is 0 Å². The van der Waals surface area contributed by atoms with Crippen LogP contribution < -0.4 is 4.90 Å². The highest BCUT2D eigenvalue weighted by Crippen LogP contribution is 2.36. The van der Waals surface area contributed by atoms with Crippen LogP contribution in [-0.2, 0) is 14.3 Å². The molecule has 2 aromatic rings. The number of phenolic OH excluding ortho intramolecular Hbond substituents is 1. The van der Waals surface area contributed by atoms with Gasteiger partial charge in [0.25, 0.3) is 5.91 Å². The molecule has 1 aliphatic rings. The smallest absolute Gasteiger partial charge is 0.340 e. The third kappa shape index (κ3) is 3.56. The summed E-state index contributed by atoms with van der Waals surface area (Å²) in [5, 5.41) is 9.72. The van der Waals surface area contributed by atoms with E-state index in [0.717, 1.165) is 11.1 Å². The van der Waals surface area contributed by atoms with Crippen molar-refractivity contribution in [2.45, 2.75) is 27.7 Å². The molecule has 144 valence electrons. The minimum Gasteiger partial charge on any atom is -0.508 e. The van der Waals surface area contributed by atoms with Crippen molar-refractivity contribution in [2.75, 3.05) is 11.5 Å². The average Bonchev–Trinajstić information content (AvgIpc) is 2.88. The molecule has 5 heteroatoms. The van der Waals surface area contributed by atoms with Gasteiger partial charge in [-0.05, 0) is 74.7 Å². The van der Waals surface area contributed by atoms with Gasteiger partial charge in [-0.1, -0.05) is 18.2 Å². The van der Waals surface area contributed by atoms with Gasteiger partial charge in [0.05, 0.1) is 17.8 Å². The normalized spacial score (nSPS) is 15.5. The molecule has 0 radical (unpaired) electrons. The zero-order valence-electron chi connectivity index (χ0n) is 16.4. The molecule has 28 heavy (non-hydrogen) atoms. The maximum Gasteiger partial charge on any atom is 0.340 e. The van der Waals surface area contributed by atoms with Gasteiger partial charge in [0.1, 0.15) is 5.75 Å². The number of carbonyl (C=O) groups excluding carboxylic acids is 2. The molecule has 1 amide bonds. The number of aromatic hydroxyl groups is 1. The van der Waals surface area contributed by atoms with E-state index in [0.29, 0.717) is 16.9 Å². The summed E-state index contributed by atoms with van der Waals surface area (Å²) in [6.07, 6.45) is 1.61. The molecule has 1 N–H and O–H groups in total. The van der Waals surface area contributed by atoms with Gasteiger partial charge in [-0.25, -0.2) is 4.79 Å². The van der Waals surface area contributed by atoms with Crippen molar-refractivity contribution in [3.63, 3.8) is 0 Å². The number of allylic oxidation sites excluding steroid dienone is 1. The summed E-state index contributed by atoms with van der Waals surface area (Å²) in [6, 6.07) is 12.3. The number of nitrogens with zero attached hydrogens (tertiary/aromatic N) is 1. The number of phenols is 1.